The second kappa shape index (κ2) is 5.43. The molecule has 86 valence electrons. The van der Waals surface area contributed by atoms with Gasteiger partial charge in [0.25, 0.3) is 0 Å². The van der Waals surface area contributed by atoms with Crippen LogP contribution in [0.3, 0.4) is 0 Å². The number of hydrogen-bond donors (Lipinski definition) is 2. The van der Waals surface area contributed by atoms with E-state index in [1.54, 1.807) is 24.3 Å². The highest BCUT2D eigenvalue weighted by atomic mass is 32.2. The molecule has 0 amide bonds. The van der Waals surface area contributed by atoms with E-state index in [2.05, 4.69) is 0 Å². The van der Waals surface area contributed by atoms with E-state index in [4.69, 9.17) is 10.8 Å². The number of carbonyl (C=O) groups is 1. The maximum atomic E-state index is 10.5. The van der Waals surface area contributed by atoms with Gasteiger partial charge in [-0.2, -0.15) is 8.42 Å². The number of carboxylic acids is 1. The summed E-state index contributed by atoms with van der Waals surface area (Å²) in [5.74, 6) is -1.08. The van der Waals surface area contributed by atoms with E-state index >= 15 is 0 Å². The van der Waals surface area contributed by atoms with Crippen molar-refractivity contribution < 1.29 is 18.3 Å². The Morgan fingerprint density at radius 2 is 2.19 bits per heavy atom. The molecule has 16 heavy (non-hydrogen) atoms. The molecule has 0 saturated heterocycles. The predicted molar refractivity (Wildman–Crippen MR) is 59.8 cm³/mol. The van der Waals surface area contributed by atoms with Gasteiger partial charge in [-0.15, -0.1) is 0 Å². The Bertz CT molecular complexity index is 513. The van der Waals surface area contributed by atoms with Gasteiger partial charge in [0.15, 0.2) is 0 Å². The van der Waals surface area contributed by atoms with Crippen molar-refractivity contribution >= 4 is 21.6 Å². The molecule has 0 bridgehead atoms. The molecule has 1 rings (SSSR count). The van der Waals surface area contributed by atoms with Gasteiger partial charge in [0.1, 0.15) is 6.04 Å². The van der Waals surface area contributed by atoms with E-state index in [-0.39, 0.29) is 6.42 Å². The summed E-state index contributed by atoms with van der Waals surface area (Å²) in [6.07, 6.45) is 0.169. The SMILES string of the molecule is N[C@@H](Cc1cccc(C=S(=O)=O)c1)C(=O)O. The summed E-state index contributed by atoms with van der Waals surface area (Å²) in [7, 11) is -2.27. The van der Waals surface area contributed by atoms with Gasteiger partial charge in [-0.25, -0.2) is 0 Å². The van der Waals surface area contributed by atoms with Crippen LogP contribution >= 0.6 is 0 Å². The Kier molecular flexibility index (Phi) is 4.21. The molecule has 0 saturated carbocycles. The first kappa shape index (κ1) is 12.4. The van der Waals surface area contributed by atoms with Crippen LogP contribution in [-0.4, -0.2) is 30.9 Å². The van der Waals surface area contributed by atoms with Crippen LogP contribution in [0.4, 0.5) is 0 Å². The molecular weight excluding hydrogens is 230 g/mol. The van der Waals surface area contributed by atoms with E-state index < -0.39 is 22.3 Å². The Morgan fingerprint density at radius 1 is 1.50 bits per heavy atom. The number of hydrogen-bond acceptors (Lipinski definition) is 4. The van der Waals surface area contributed by atoms with Crippen molar-refractivity contribution in [1.82, 2.24) is 0 Å². The van der Waals surface area contributed by atoms with E-state index in [1.807, 2.05) is 0 Å². The minimum atomic E-state index is -2.27. The first-order chi connectivity index (χ1) is 7.49. The lowest BCUT2D eigenvalue weighted by atomic mass is 10.0. The molecule has 0 radical (unpaired) electrons. The van der Waals surface area contributed by atoms with Gasteiger partial charge in [0.2, 0.25) is 10.3 Å². The number of aliphatic carboxylic acids is 1. The second-order valence-electron chi connectivity index (χ2n) is 3.27. The summed E-state index contributed by atoms with van der Waals surface area (Å²) in [4.78, 5) is 10.5. The highest BCUT2D eigenvalue weighted by Gasteiger charge is 2.11. The lowest BCUT2D eigenvalue weighted by Gasteiger charge is -2.06. The van der Waals surface area contributed by atoms with Crippen molar-refractivity contribution in [3.8, 4) is 0 Å². The minimum absolute atomic E-state index is 0.169. The van der Waals surface area contributed by atoms with Gasteiger partial charge in [-0.3, -0.25) is 4.79 Å². The molecule has 0 aliphatic rings. The van der Waals surface area contributed by atoms with Crippen molar-refractivity contribution in [3.05, 3.63) is 35.4 Å². The highest BCUT2D eigenvalue weighted by molar-refractivity contribution is 7.71. The summed E-state index contributed by atoms with van der Waals surface area (Å²) in [5.41, 5.74) is 6.56. The van der Waals surface area contributed by atoms with Crippen molar-refractivity contribution in [2.75, 3.05) is 0 Å². The van der Waals surface area contributed by atoms with Gasteiger partial charge in [0.05, 0.1) is 5.37 Å². The highest BCUT2D eigenvalue weighted by Crippen LogP contribution is 2.05. The molecule has 6 heteroatoms. The third kappa shape index (κ3) is 3.84. The standard InChI is InChI=1S/C10H11NO4S/c11-9(10(12)13)5-7-2-1-3-8(4-7)6-16(14)15/h1-4,6,9H,5,11H2,(H,12,13)/t9-/m0/s1. The van der Waals surface area contributed by atoms with Crippen LogP contribution in [0.25, 0.3) is 0 Å². The largest absolute Gasteiger partial charge is 0.480 e. The Balaban J connectivity index is 2.91. The fourth-order valence-electron chi connectivity index (χ4n) is 1.25. The number of carboxylic acid groups (broad SMARTS) is 1. The minimum Gasteiger partial charge on any atom is -0.480 e. The molecule has 0 heterocycles. The van der Waals surface area contributed by atoms with Gasteiger partial charge in [-0.1, -0.05) is 24.3 Å². The summed E-state index contributed by atoms with van der Waals surface area (Å²) in [6.45, 7) is 0. The molecule has 0 fully saturated rings. The molecule has 0 aromatic heterocycles. The van der Waals surface area contributed by atoms with Crippen LogP contribution < -0.4 is 5.73 Å². The zero-order chi connectivity index (χ0) is 12.1. The average Bonchev–Trinajstić information content (AvgIpc) is 2.16. The Morgan fingerprint density at radius 3 is 2.75 bits per heavy atom. The Labute approximate surface area is 94.0 Å². The first-order valence-corrected chi connectivity index (χ1v) is 5.63. The molecule has 3 N–H and O–H groups in total. The smallest absolute Gasteiger partial charge is 0.320 e. The zero-order valence-corrected chi connectivity index (χ0v) is 9.15. The van der Waals surface area contributed by atoms with Crippen LogP contribution in [0.5, 0.6) is 0 Å². The summed E-state index contributed by atoms with van der Waals surface area (Å²) in [6, 6.07) is 5.59. The fourth-order valence-corrected chi connectivity index (χ4v) is 1.61. The van der Waals surface area contributed by atoms with Crippen LogP contribution in [0, 0.1) is 0 Å². The molecule has 0 unspecified atom stereocenters. The number of benzene rings is 1. The molecule has 0 spiro atoms. The molecule has 1 atom stereocenters. The van der Waals surface area contributed by atoms with E-state index in [0.717, 1.165) is 5.37 Å². The second-order valence-corrected chi connectivity index (χ2v) is 4.03. The summed E-state index contributed by atoms with van der Waals surface area (Å²) >= 11 is 0. The molecule has 1 aromatic carbocycles. The summed E-state index contributed by atoms with van der Waals surface area (Å²) in [5, 5.41) is 9.68. The third-order valence-corrected chi connectivity index (χ3v) is 2.42. The van der Waals surface area contributed by atoms with Crippen LogP contribution in [-0.2, 0) is 21.5 Å². The van der Waals surface area contributed by atoms with E-state index in [0.29, 0.717) is 11.1 Å². The van der Waals surface area contributed by atoms with Crippen molar-refractivity contribution in [3.63, 3.8) is 0 Å². The maximum absolute atomic E-state index is 10.5. The Hall–Kier alpha value is -1.66. The molecule has 1 aromatic rings. The lowest BCUT2D eigenvalue weighted by molar-refractivity contribution is -0.138. The topological polar surface area (TPSA) is 97.5 Å². The van der Waals surface area contributed by atoms with Crippen molar-refractivity contribution in [2.45, 2.75) is 12.5 Å². The van der Waals surface area contributed by atoms with Gasteiger partial charge < -0.3 is 10.8 Å². The maximum Gasteiger partial charge on any atom is 0.320 e. The number of nitrogens with two attached hydrogens (primary N) is 1. The van der Waals surface area contributed by atoms with Crippen LogP contribution in [0.2, 0.25) is 0 Å². The van der Waals surface area contributed by atoms with Crippen molar-refractivity contribution in [2.24, 2.45) is 5.73 Å². The molecule has 0 aliphatic heterocycles. The van der Waals surface area contributed by atoms with Gasteiger partial charge in [-0.05, 0) is 17.5 Å². The van der Waals surface area contributed by atoms with Crippen LogP contribution in [0.15, 0.2) is 24.3 Å². The molecule has 5 nitrogen and oxygen atoms in total. The molecular formula is C10H11NO4S. The zero-order valence-electron chi connectivity index (χ0n) is 8.33. The quantitative estimate of drug-likeness (QED) is 0.703. The van der Waals surface area contributed by atoms with Gasteiger partial charge in [0, 0.05) is 0 Å². The summed E-state index contributed by atoms with van der Waals surface area (Å²) < 4.78 is 20.9. The normalized spacial score (nSPS) is 11.8. The average molecular weight is 241 g/mol. The van der Waals surface area contributed by atoms with E-state index in [1.165, 1.54) is 0 Å². The van der Waals surface area contributed by atoms with Crippen molar-refractivity contribution in [1.29, 1.82) is 0 Å². The fraction of sp³-hybridized carbons (Fsp3) is 0.200. The first-order valence-electron chi connectivity index (χ1n) is 4.49. The van der Waals surface area contributed by atoms with Crippen LogP contribution in [0.1, 0.15) is 11.1 Å². The third-order valence-electron chi connectivity index (χ3n) is 1.96. The monoisotopic (exact) mass is 241 g/mol. The molecule has 0 aliphatic carbocycles. The van der Waals surface area contributed by atoms with E-state index in [9.17, 15) is 13.2 Å². The number of rotatable bonds is 4. The van der Waals surface area contributed by atoms with Gasteiger partial charge >= 0.3 is 5.97 Å². The lowest BCUT2D eigenvalue weighted by Crippen LogP contribution is -2.32. The predicted octanol–water partition coefficient (Wildman–Crippen LogP) is -0.330.